The lowest BCUT2D eigenvalue weighted by molar-refractivity contribution is 0.465. The number of hydrogen-bond donors (Lipinski definition) is 1. The van der Waals surface area contributed by atoms with E-state index in [2.05, 4.69) is 24.4 Å². The van der Waals surface area contributed by atoms with Gasteiger partial charge in [-0.15, -0.1) is 11.3 Å². The summed E-state index contributed by atoms with van der Waals surface area (Å²) in [5.74, 6) is 0.838. The lowest BCUT2D eigenvalue weighted by Gasteiger charge is -2.21. The van der Waals surface area contributed by atoms with Gasteiger partial charge < -0.3 is 5.32 Å². The van der Waals surface area contributed by atoms with E-state index in [1.807, 2.05) is 11.3 Å². The smallest absolute Gasteiger partial charge is 0.00799 e. The fraction of sp³-hybridized carbons (Fsp3) is 0.600. The SMILES string of the molecule is Cc1ccc(C2CCNCC2)s1. The Morgan fingerprint density at radius 2 is 2.08 bits per heavy atom. The molecule has 2 heterocycles. The number of aryl methyl sites for hydroxylation is 1. The van der Waals surface area contributed by atoms with E-state index in [4.69, 9.17) is 0 Å². The van der Waals surface area contributed by atoms with Gasteiger partial charge in [0.2, 0.25) is 0 Å². The number of hydrogen-bond acceptors (Lipinski definition) is 2. The van der Waals surface area contributed by atoms with E-state index in [9.17, 15) is 0 Å². The first-order chi connectivity index (χ1) is 5.86. The van der Waals surface area contributed by atoms with Gasteiger partial charge in [0.15, 0.2) is 0 Å². The molecule has 66 valence electrons. The summed E-state index contributed by atoms with van der Waals surface area (Å²) in [4.78, 5) is 3.04. The first kappa shape index (κ1) is 8.27. The van der Waals surface area contributed by atoms with Gasteiger partial charge in [0.05, 0.1) is 0 Å². The lowest BCUT2D eigenvalue weighted by Crippen LogP contribution is -2.26. The van der Waals surface area contributed by atoms with Crippen LogP contribution in [0.4, 0.5) is 0 Å². The fourth-order valence-corrected chi connectivity index (χ4v) is 2.83. The molecule has 2 heteroatoms. The molecule has 0 aromatic carbocycles. The molecule has 1 saturated heterocycles. The van der Waals surface area contributed by atoms with Crippen LogP contribution in [0.3, 0.4) is 0 Å². The Labute approximate surface area is 77.8 Å². The third kappa shape index (κ3) is 1.70. The Balaban J connectivity index is 2.08. The summed E-state index contributed by atoms with van der Waals surface area (Å²) in [5, 5.41) is 3.40. The minimum atomic E-state index is 0.838. The first-order valence-corrected chi connectivity index (χ1v) is 5.45. The normalized spacial score (nSPS) is 19.8. The molecule has 0 saturated carbocycles. The van der Waals surface area contributed by atoms with Crippen molar-refractivity contribution in [1.82, 2.24) is 5.32 Å². The Kier molecular flexibility index (Phi) is 2.47. The van der Waals surface area contributed by atoms with Gasteiger partial charge in [-0.1, -0.05) is 0 Å². The molecule has 1 aliphatic rings. The second-order valence-electron chi connectivity index (χ2n) is 3.47. The molecule has 0 amide bonds. The van der Waals surface area contributed by atoms with Gasteiger partial charge in [-0.25, -0.2) is 0 Å². The van der Waals surface area contributed by atoms with E-state index in [0.717, 1.165) is 5.92 Å². The highest BCUT2D eigenvalue weighted by Gasteiger charge is 2.15. The molecule has 1 fully saturated rings. The molecule has 0 radical (unpaired) electrons. The van der Waals surface area contributed by atoms with Gasteiger partial charge in [0, 0.05) is 9.75 Å². The molecule has 1 nitrogen and oxygen atoms in total. The summed E-state index contributed by atoms with van der Waals surface area (Å²) in [6, 6.07) is 4.54. The lowest BCUT2D eigenvalue weighted by atomic mass is 9.97. The van der Waals surface area contributed by atoms with Crippen LogP contribution in [0.2, 0.25) is 0 Å². The molecule has 12 heavy (non-hydrogen) atoms. The van der Waals surface area contributed by atoms with Crippen molar-refractivity contribution in [3.05, 3.63) is 21.9 Å². The average Bonchev–Trinajstić information content (AvgIpc) is 2.54. The summed E-state index contributed by atoms with van der Waals surface area (Å²) in [5.41, 5.74) is 0. The summed E-state index contributed by atoms with van der Waals surface area (Å²) in [6.07, 6.45) is 2.64. The van der Waals surface area contributed by atoms with Crippen LogP contribution in [0.5, 0.6) is 0 Å². The van der Waals surface area contributed by atoms with Gasteiger partial charge in [-0.05, 0) is 50.9 Å². The van der Waals surface area contributed by atoms with E-state index >= 15 is 0 Å². The quantitative estimate of drug-likeness (QED) is 0.702. The highest BCUT2D eigenvalue weighted by Crippen LogP contribution is 2.30. The van der Waals surface area contributed by atoms with E-state index in [1.54, 1.807) is 4.88 Å². The molecule has 1 aromatic rings. The van der Waals surface area contributed by atoms with Crippen LogP contribution in [0.25, 0.3) is 0 Å². The van der Waals surface area contributed by atoms with Crippen LogP contribution < -0.4 is 5.32 Å². The highest BCUT2D eigenvalue weighted by atomic mass is 32.1. The molecule has 1 aromatic heterocycles. The molecular formula is C10H15NS. The zero-order valence-electron chi connectivity index (χ0n) is 7.47. The van der Waals surface area contributed by atoms with Crippen LogP contribution in [-0.2, 0) is 0 Å². The summed E-state index contributed by atoms with van der Waals surface area (Å²) in [6.45, 7) is 4.58. The van der Waals surface area contributed by atoms with Crippen LogP contribution in [0.15, 0.2) is 12.1 Å². The van der Waals surface area contributed by atoms with Gasteiger partial charge in [-0.3, -0.25) is 0 Å². The van der Waals surface area contributed by atoms with Crippen LogP contribution in [0, 0.1) is 6.92 Å². The minimum Gasteiger partial charge on any atom is -0.317 e. The molecular weight excluding hydrogens is 166 g/mol. The van der Waals surface area contributed by atoms with Crippen LogP contribution in [0.1, 0.15) is 28.5 Å². The zero-order valence-corrected chi connectivity index (χ0v) is 8.29. The Morgan fingerprint density at radius 1 is 1.33 bits per heavy atom. The maximum absolute atomic E-state index is 3.40. The molecule has 2 rings (SSSR count). The predicted octanol–water partition coefficient (Wildman–Crippen LogP) is 2.52. The van der Waals surface area contributed by atoms with Gasteiger partial charge in [-0.2, -0.15) is 0 Å². The Bertz CT molecular complexity index is 248. The Hall–Kier alpha value is -0.340. The summed E-state index contributed by atoms with van der Waals surface area (Å²) < 4.78 is 0. The van der Waals surface area contributed by atoms with Crippen LogP contribution in [-0.4, -0.2) is 13.1 Å². The van der Waals surface area contributed by atoms with Crippen molar-refractivity contribution in [1.29, 1.82) is 0 Å². The van der Waals surface area contributed by atoms with Gasteiger partial charge in [0.1, 0.15) is 0 Å². The van der Waals surface area contributed by atoms with Crippen LogP contribution >= 0.6 is 11.3 Å². The van der Waals surface area contributed by atoms with Crippen molar-refractivity contribution in [3.63, 3.8) is 0 Å². The van der Waals surface area contributed by atoms with E-state index in [0.29, 0.717) is 0 Å². The van der Waals surface area contributed by atoms with E-state index in [1.165, 1.54) is 30.8 Å². The van der Waals surface area contributed by atoms with Crippen molar-refractivity contribution in [3.8, 4) is 0 Å². The van der Waals surface area contributed by atoms with Crippen molar-refractivity contribution in [2.45, 2.75) is 25.7 Å². The van der Waals surface area contributed by atoms with E-state index in [-0.39, 0.29) is 0 Å². The standard InChI is InChI=1S/C10H15NS/c1-8-2-3-10(12-8)9-4-6-11-7-5-9/h2-3,9,11H,4-7H2,1H3. The maximum Gasteiger partial charge on any atom is 0.00799 e. The zero-order chi connectivity index (χ0) is 8.39. The molecule has 0 bridgehead atoms. The van der Waals surface area contributed by atoms with Crippen molar-refractivity contribution in [2.75, 3.05) is 13.1 Å². The number of nitrogens with one attached hydrogen (secondary N) is 1. The van der Waals surface area contributed by atoms with Crippen molar-refractivity contribution in [2.24, 2.45) is 0 Å². The third-order valence-corrected chi connectivity index (χ3v) is 3.67. The number of thiophene rings is 1. The molecule has 1 aliphatic heterocycles. The second kappa shape index (κ2) is 3.58. The van der Waals surface area contributed by atoms with Crippen molar-refractivity contribution >= 4 is 11.3 Å². The highest BCUT2D eigenvalue weighted by molar-refractivity contribution is 7.12. The Morgan fingerprint density at radius 3 is 2.67 bits per heavy atom. The number of rotatable bonds is 1. The molecule has 0 aliphatic carbocycles. The average molecular weight is 181 g/mol. The molecule has 1 N–H and O–H groups in total. The summed E-state index contributed by atoms with van der Waals surface area (Å²) in [7, 11) is 0. The molecule has 0 spiro atoms. The van der Waals surface area contributed by atoms with Crippen molar-refractivity contribution < 1.29 is 0 Å². The number of piperidine rings is 1. The topological polar surface area (TPSA) is 12.0 Å². The summed E-state index contributed by atoms with van der Waals surface area (Å²) >= 11 is 1.97. The minimum absolute atomic E-state index is 0.838. The van der Waals surface area contributed by atoms with E-state index < -0.39 is 0 Å². The predicted molar refractivity (Wildman–Crippen MR) is 53.9 cm³/mol. The largest absolute Gasteiger partial charge is 0.317 e. The monoisotopic (exact) mass is 181 g/mol. The fourth-order valence-electron chi connectivity index (χ4n) is 1.78. The maximum atomic E-state index is 3.40. The second-order valence-corrected chi connectivity index (χ2v) is 4.79. The third-order valence-electron chi connectivity index (χ3n) is 2.50. The van der Waals surface area contributed by atoms with Gasteiger partial charge in [0.25, 0.3) is 0 Å². The molecule has 0 atom stereocenters. The molecule has 0 unspecified atom stereocenters. The first-order valence-electron chi connectivity index (χ1n) is 4.63. The van der Waals surface area contributed by atoms with Gasteiger partial charge >= 0.3 is 0 Å².